The van der Waals surface area contributed by atoms with E-state index in [2.05, 4.69) is 26.4 Å². The van der Waals surface area contributed by atoms with Crippen LogP contribution >= 0.6 is 12.2 Å². The lowest BCUT2D eigenvalue weighted by Gasteiger charge is -2.32. The SMILES string of the molecule is CCN1CCCC(n2c(=S)[nH]c3cccnc32)C1. The third-order valence-electron chi connectivity index (χ3n) is 3.77. The Balaban J connectivity index is 2.03. The van der Waals surface area contributed by atoms with Gasteiger partial charge in [0.25, 0.3) is 0 Å². The normalized spacial score (nSPS) is 21.5. The number of rotatable bonds is 2. The second-order valence-electron chi connectivity index (χ2n) is 4.86. The summed E-state index contributed by atoms with van der Waals surface area (Å²) in [7, 11) is 0. The zero-order valence-electron chi connectivity index (χ0n) is 10.6. The summed E-state index contributed by atoms with van der Waals surface area (Å²) in [6.07, 6.45) is 4.26. The lowest BCUT2D eigenvalue weighted by Crippen LogP contribution is -2.36. The number of aromatic nitrogens is 3. The van der Waals surface area contributed by atoms with Gasteiger partial charge in [-0.1, -0.05) is 6.92 Å². The van der Waals surface area contributed by atoms with Gasteiger partial charge in [-0.15, -0.1) is 0 Å². The average molecular weight is 262 g/mol. The molecule has 1 aliphatic heterocycles. The van der Waals surface area contributed by atoms with Crippen LogP contribution in [0, 0.1) is 4.77 Å². The van der Waals surface area contributed by atoms with Gasteiger partial charge in [0.1, 0.15) is 0 Å². The predicted molar refractivity (Wildman–Crippen MR) is 75.3 cm³/mol. The van der Waals surface area contributed by atoms with Crippen molar-refractivity contribution in [2.24, 2.45) is 0 Å². The summed E-state index contributed by atoms with van der Waals surface area (Å²) in [6, 6.07) is 4.43. The number of piperidine rings is 1. The Morgan fingerprint density at radius 2 is 2.44 bits per heavy atom. The first-order chi connectivity index (χ1) is 8.79. The van der Waals surface area contributed by atoms with Gasteiger partial charge >= 0.3 is 0 Å². The lowest BCUT2D eigenvalue weighted by molar-refractivity contribution is 0.186. The monoisotopic (exact) mass is 262 g/mol. The van der Waals surface area contributed by atoms with Crippen LogP contribution in [0.1, 0.15) is 25.8 Å². The van der Waals surface area contributed by atoms with Crippen LogP contribution in [-0.2, 0) is 0 Å². The number of hydrogen-bond acceptors (Lipinski definition) is 3. The van der Waals surface area contributed by atoms with Crippen molar-refractivity contribution in [2.75, 3.05) is 19.6 Å². The first-order valence-corrected chi connectivity index (χ1v) is 6.98. The van der Waals surface area contributed by atoms with Crippen LogP contribution in [0.3, 0.4) is 0 Å². The van der Waals surface area contributed by atoms with Gasteiger partial charge in [0, 0.05) is 12.7 Å². The molecule has 1 atom stereocenters. The molecule has 0 radical (unpaired) electrons. The minimum atomic E-state index is 0.454. The molecule has 0 bridgehead atoms. The van der Waals surface area contributed by atoms with Crippen LogP contribution in [0.2, 0.25) is 0 Å². The summed E-state index contributed by atoms with van der Waals surface area (Å²) in [6.45, 7) is 5.61. The molecule has 2 aromatic heterocycles. The number of fused-ring (bicyclic) bond motifs is 1. The zero-order valence-corrected chi connectivity index (χ0v) is 11.4. The molecule has 0 spiro atoms. The number of likely N-dealkylation sites (N-methyl/N-ethyl adjacent to an activating group) is 1. The highest BCUT2D eigenvalue weighted by atomic mass is 32.1. The van der Waals surface area contributed by atoms with E-state index < -0.39 is 0 Å². The van der Waals surface area contributed by atoms with Gasteiger partial charge in [0.05, 0.1) is 11.6 Å². The standard InChI is InChI=1S/C13H18N4S/c1-2-16-8-4-5-10(9-16)17-12-11(15-13(17)18)6-3-7-14-12/h3,6-7,10H,2,4-5,8-9H2,1H3,(H,15,18). The first-order valence-electron chi connectivity index (χ1n) is 6.57. The lowest BCUT2D eigenvalue weighted by atomic mass is 10.1. The van der Waals surface area contributed by atoms with Crippen molar-refractivity contribution in [3.63, 3.8) is 0 Å². The van der Waals surface area contributed by atoms with E-state index in [-0.39, 0.29) is 0 Å². The van der Waals surface area contributed by atoms with E-state index in [0.717, 1.165) is 29.0 Å². The Bertz CT molecular complexity index is 600. The van der Waals surface area contributed by atoms with E-state index >= 15 is 0 Å². The van der Waals surface area contributed by atoms with Crippen LogP contribution in [0.5, 0.6) is 0 Å². The second-order valence-corrected chi connectivity index (χ2v) is 5.25. The van der Waals surface area contributed by atoms with Gasteiger partial charge in [-0.2, -0.15) is 0 Å². The maximum absolute atomic E-state index is 5.46. The number of hydrogen-bond donors (Lipinski definition) is 1. The number of aromatic amines is 1. The van der Waals surface area contributed by atoms with Gasteiger partial charge in [-0.05, 0) is 50.3 Å². The molecule has 5 heteroatoms. The molecule has 1 N–H and O–H groups in total. The second kappa shape index (κ2) is 4.82. The molecule has 1 unspecified atom stereocenters. The quantitative estimate of drug-likeness (QED) is 0.846. The highest BCUT2D eigenvalue weighted by Gasteiger charge is 2.22. The fourth-order valence-corrected chi connectivity index (χ4v) is 3.17. The molecule has 1 saturated heterocycles. The first kappa shape index (κ1) is 11.9. The zero-order chi connectivity index (χ0) is 12.5. The van der Waals surface area contributed by atoms with Crippen molar-refractivity contribution in [2.45, 2.75) is 25.8 Å². The molecule has 3 rings (SSSR count). The molecule has 0 saturated carbocycles. The summed E-state index contributed by atoms with van der Waals surface area (Å²) in [5.41, 5.74) is 2.03. The van der Waals surface area contributed by atoms with Gasteiger partial charge in [0.2, 0.25) is 0 Å². The van der Waals surface area contributed by atoms with Crippen LogP contribution in [0.15, 0.2) is 18.3 Å². The summed E-state index contributed by atoms with van der Waals surface area (Å²) in [5.74, 6) is 0. The highest BCUT2D eigenvalue weighted by Crippen LogP contribution is 2.25. The molecule has 1 aliphatic rings. The number of H-pyrrole nitrogens is 1. The number of nitrogens with one attached hydrogen (secondary N) is 1. The van der Waals surface area contributed by atoms with E-state index in [1.165, 1.54) is 19.4 Å². The number of imidazole rings is 1. The van der Waals surface area contributed by atoms with Gasteiger partial charge in [-0.25, -0.2) is 4.98 Å². The minimum absolute atomic E-state index is 0.454. The summed E-state index contributed by atoms with van der Waals surface area (Å²) < 4.78 is 3.00. The number of pyridine rings is 1. The Morgan fingerprint density at radius 1 is 1.56 bits per heavy atom. The third kappa shape index (κ3) is 1.97. The van der Waals surface area contributed by atoms with Crippen molar-refractivity contribution in [3.8, 4) is 0 Å². The third-order valence-corrected chi connectivity index (χ3v) is 4.07. The highest BCUT2D eigenvalue weighted by molar-refractivity contribution is 7.71. The van der Waals surface area contributed by atoms with Crippen molar-refractivity contribution >= 4 is 23.4 Å². The van der Waals surface area contributed by atoms with E-state index in [0.29, 0.717) is 6.04 Å². The Kier molecular flexibility index (Phi) is 3.18. The Morgan fingerprint density at radius 3 is 3.28 bits per heavy atom. The molecule has 2 aromatic rings. The molecule has 3 heterocycles. The van der Waals surface area contributed by atoms with Crippen LogP contribution in [-0.4, -0.2) is 39.1 Å². The van der Waals surface area contributed by atoms with Gasteiger partial charge in [-0.3, -0.25) is 4.57 Å². The molecule has 18 heavy (non-hydrogen) atoms. The fraction of sp³-hybridized carbons (Fsp3) is 0.538. The van der Waals surface area contributed by atoms with Crippen molar-refractivity contribution in [3.05, 3.63) is 23.1 Å². The Hall–Kier alpha value is -1.20. The smallest absolute Gasteiger partial charge is 0.179 e. The fourth-order valence-electron chi connectivity index (χ4n) is 2.83. The summed E-state index contributed by atoms with van der Waals surface area (Å²) in [4.78, 5) is 10.2. The van der Waals surface area contributed by atoms with E-state index in [1.807, 2.05) is 18.3 Å². The van der Waals surface area contributed by atoms with E-state index in [9.17, 15) is 0 Å². The molecule has 0 amide bonds. The predicted octanol–water partition coefficient (Wildman–Crippen LogP) is 2.75. The van der Waals surface area contributed by atoms with Crippen molar-refractivity contribution in [1.29, 1.82) is 0 Å². The molecule has 96 valence electrons. The largest absolute Gasteiger partial charge is 0.329 e. The summed E-state index contributed by atoms with van der Waals surface area (Å²) in [5, 5.41) is 0. The number of likely N-dealkylation sites (tertiary alicyclic amines) is 1. The molecule has 0 aromatic carbocycles. The van der Waals surface area contributed by atoms with Crippen LogP contribution < -0.4 is 0 Å². The molecular formula is C13H18N4S. The van der Waals surface area contributed by atoms with Crippen LogP contribution in [0.4, 0.5) is 0 Å². The molecule has 0 aliphatic carbocycles. The van der Waals surface area contributed by atoms with Crippen molar-refractivity contribution < 1.29 is 0 Å². The van der Waals surface area contributed by atoms with Gasteiger partial charge < -0.3 is 9.88 Å². The topological polar surface area (TPSA) is 36.9 Å². The minimum Gasteiger partial charge on any atom is -0.329 e. The molecule has 4 nitrogen and oxygen atoms in total. The molecular weight excluding hydrogens is 244 g/mol. The van der Waals surface area contributed by atoms with Crippen LogP contribution in [0.25, 0.3) is 11.2 Å². The van der Waals surface area contributed by atoms with E-state index in [1.54, 1.807) is 0 Å². The van der Waals surface area contributed by atoms with Gasteiger partial charge in [0.15, 0.2) is 10.4 Å². The summed E-state index contributed by atoms with van der Waals surface area (Å²) >= 11 is 5.46. The molecule has 1 fully saturated rings. The maximum Gasteiger partial charge on any atom is 0.179 e. The maximum atomic E-state index is 5.46. The van der Waals surface area contributed by atoms with Crippen molar-refractivity contribution in [1.82, 2.24) is 19.4 Å². The number of nitrogens with zero attached hydrogens (tertiary/aromatic N) is 3. The van der Waals surface area contributed by atoms with E-state index in [4.69, 9.17) is 12.2 Å². The Labute approximate surface area is 112 Å². The average Bonchev–Trinajstić information content (AvgIpc) is 2.74.